The van der Waals surface area contributed by atoms with Crippen LogP contribution in [0, 0.1) is 0 Å². The highest BCUT2D eigenvalue weighted by Crippen LogP contribution is 2.29. The third-order valence-corrected chi connectivity index (χ3v) is 6.16. The summed E-state index contributed by atoms with van der Waals surface area (Å²) in [5.41, 5.74) is -0.848. The molecule has 1 saturated heterocycles. The Morgan fingerprint density at radius 1 is 1.19 bits per heavy atom. The lowest BCUT2D eigenvalue weighted by molar-refractivity contribution is -0.157. The molecule has 1 rings (SSSR count). The van der Waals surface area contributed by atoms with Gasteiger partial charge in [-0.15, -0.1) is 0 Å². The zero-order valence-electron chi connectivity index (χ0n) is 13.3. The first-order valence-corrected chi connectivity index (χ1v) is 9.39. The van der Waals surface area contributed by atoms with Crippen LogP contribution in [0.3, 0.4) is 0 Å². The van der Waals surface area contributed by atoms with Crippen LogP contribution in [0.4, 0.5) is 0 Å². The maximum atomic E-state index is 12.4. The minimum absolute atomic E-state index is 0.0484. The van der Waals surface area contributed by atoms with E-state index in [0.29, 0.717) is 25.8 Å². The predicted octanol–water partition coefficient (Wildman–Crippen LogP) is 0.717. The van der Waals surface area contributed by atoms with E-state index in [1.54, 1.807) is 18.7 Å². The summed E-state index contributed by atoms with van der Waals surface area (Å²) >= 11 is 0. The smallest absolute Gasteiger partial charge is 0.246 e. The van der Waals surface area contributed by atoms with Gasteiger partial charge in [-0.05, 0) is 26.2 Å². The molecule has 0 saturated carbocycles. The Hall–Kier alpha value is -1.11. The van der Waals surface area contributed by atoms with Crippen LogP contribution < -0.4 is 5.32 Å². The van der Waals surface area contributed by atoms with Crippen LogP contribution in [-0.2, 0) is 19.4 Å². The van der Waals surface area contributed by atoms with Crippen molar-refractivity contribution in [2.24, 2.45) is 0 Å². The van der Waals surface area contributed by atoms with E-state index in [4.69, 9.17) is 0 Å². The van der Waals surface area contributed by atoms with Crippen molar-refractivity contribution < 1.29 is 18.0 Å². The van der Waals surface area contributed by atoms with Gasteiger partial charge < -0.3 is 10.2 Å². The van der Waals surface area contributed by atoms with Gasteiger partial charge in [0.05, 0.1) is 5.75 Å². The average molecular weight is 318 g/mol. The molecule has 0 radical (unpaired) electrons. The Bertz CT molecular complexity index is 497. The molecule has 2 amide bonds. The number of hydrogen-bond donors (Lipinski definition) is 1. The van der Waals surface area contributed by atoms with Crippen LogP contribution in [-0.4, -0.2) is 54.8 Å². The molecule has 6 nitrogen and oxygen atoms in total. The lowest BCUT2D eigenvalue weighted by Gasteiger charge is -2.47. The Kier molecular flexibility index (Phi) is 5.78. The van der Waals surface area contributed by atoms with Crippen molar-refractivity contribution in [1.29, 1.82) is 0 Å². The summed E-state index contributed by atoms with van der Waals surface area (Å²) < 4.78 is 23.1. The Morgan fingerprint density at radius 2 is 1.76 bits per heavy atom. The number of nitrogens with zero attached hydrogens (tertiary/aromatic N) is 1. The van der Waals surface area contributed by atoms with Gasteiger partial charge in [-0.25, -0.2) is 8.42 Å². The molecule has 21 heavy (non-hydrogen) atoms. The molecule has 1 aliphatic rings. The van der Waals surface area contributed by atoms with Gasteiger partial charge in [0.2, 0.25) is 11.8 Å². The van der Waals surface area contributed by atoms with Crippen LogP contribution >= 0.6 is 0 Å². The van der Waals surface area contributed by atoms with Crippen molar-refractivity contribution in [2.75, 3.05) is 18.1 Å². The molecule has 1 heterocycles. The van der Waals surface area contributed by atoms with Crippen molar-refractivity contribution >= 4 is 21.7 Å². The molecule has 0 aliphatic carbocycles. The number of carbonyl (C=O) groups excluding carboxylic acids is 2. The van der Waals surface area contributed by atoms with Gasteiger partial charge in [-0.1, -0.05) is 20.8 Å². The molecule has 0 aromatic heterocycles. The first kappa shape index (κ1) is 17.9. The van der Waals surface area contributed by atoms with Crippen molar-refractivity contribution in [3.8, 4) is 0 Å². The van der Waals surface area contributed by atoms with E-state index in [1.807, 2.05) is 13.8 Å². The second kappa shape index (κ2) is 6.77. The van der Waals surface area contributed by atoms with E-state index in [0.717, 1.165) is 0 Å². The third kappa shape index (κ3) is 3.56. The zero-order chi connectivity index (χ0) is 16.3. The molecular weight excluding hydrogens is 292 g/mol. The van der Waals surface area contributed by atoms with Crippen LogP contribution in [0.2, 0.25) is 0 Å². The molecular formula is C14H26N2O4S. The summed E-state index contributed by atoms with van der Waals surface area (Å²) in [4.78, 5) is 26.3. The monoisotopic (exact) mass is 318 g/mol. The molecule has 1 aliphatic heterocycles. The average Bonchev–Trinajstić information content (AvgIpc) is 2.45. The lowest BCUT2D eigenvalue weighted by atomic mass is 9.86. The molecule has 1 fully saturated rings. The van der Waals surface area contributed by atoms with Crippen LogP contribution in [0.1, 0.15) is 47.0 Å². The van der Waals surface area contributed by atoms with Crippen molar-refractivity contribution in [3.63, 3.8) is 0 Å². The third-order valence-electron chi connectivity index (χ3n) is 4.37. The normalized spacial score (nSPS) is 22.3. The summed E-state index contributed by atoms with van der Waals surface area (Å²) in [6.45, 7) is 7.33. The fourth-order valence-corrected chi connectivity index (χ4v) is 3.68. The fourth-order valence-electron chi connectivity index (χ4n) is 2.82. The van der Waals surface area contributed by atoms with E-state index in [1.165, 1.54) is 0 Å². The number of nitrogens with one attached hydrogen (secondary N) is 1. The molecule has 0 aromatic carbocycles. The maximum absolute atomic E-state index is 12.4. The minimum atomic E-state index is -3.05. The molecule has 0 spiro atoms. The zero-order valence-corrected chi connectivity index (χ0v) is 14.1. The fraction of sp³-hybridized carbons (Fsp3) is 0.857. The lowest BCUT2D eigenvalue weighted by Crippen LogP contribution is -2.69. The van der Waals surface area contributed by atoms with Crippen molar-refractivity contribution in [2.45, 2.75) is 58.5 Å². The number of hydrogen-bond acceptors (Lipinski definition) is 4. The second-order valence-electron chi connectivity index (χ2n) is 5.51. The summed E-state index contributed by atoms with van der Waals surface area (Å²) in [7, 11) is -3.05. The number of piperazine rings is 1. The van der Waals surface area contributed by atoms with E-state index in [2.05, 4.69) is 5.32 Å². The molecule has 0 aromatic rings. The highest BCUT2D eigenvalue weighted by atomic mass is 32.2. The summed E-state index contributed by atoms with van der Waals surface area (Å²) in [5.74, 6) is -0.123. The molecule has 1 atom stereocenters. The van der Waals surface area contributed by atoms with Crippen LogP contribution in [0.5, 0.6) is 0 Å². The topological polar surface area (TPSA) is 83.6 Å². The van der Waals surface area contributed by atoms with Gasteiger partial charge in [0.25, 0.3) is 0 Å². The van der Waals surface area contributed by atoms with Gasteiger partial charge in [0.1, 0.15) is 21.4 Å². The number of amides is 2. The summed E-state index contributed by atoms with van der Waals surface area (Å²) in [6.07, 6.45) is 1.41. The Balaban J connectivity index is 2.91. The Labute approximate surface area is 127 Å². The first-order chi connectivity index (χ1) is 9.74. The number of carbonyl (C=O) groups is 2. The highest BCUT2D eigenvalue weighted by molar-refractivity contribution is 7.91. The van der Waals surface area contributed by atoms with E-state index in [-0.39, 0.29) is 23.3 Å². The molecule has 1 N–H and O–H groups in total. The van der Waals surface area contributed by atoms with E-state index in [9.17, 15) is 18.0 Å². The number of rotatable bonds is 7. The van der Waals surface area contributed by atoms with E-state index >= 15 is 0 Å². The van der Waals surface area contributed by atoms with Crippen molar-refractivity contribution in [3.05, 3.63) is 0 Å². The summed E-state index contributed by atoms with van der Waals surface area (Å²) in [5, 5.41) is 2.72. The molecule has 0 bridgehead atoms. The van der Waals surface area contributed by atoms with E-state index < -0.39 is 21.4 Å². The molecule has 122 valence electrons. The minimum Gasteiger partial charge on any atom is -0.343 e. The van der Waals surface area contributed by atoms with Gasteiger partial charge >= 0.3 is 0 Å². The predicted molar refractivity (Wildman–Crippen MR) is 81.6 cm³/mol. The number of sulfone groups is 1. The van der Waals surface area contributed by atoms with Gasteiger partial charge in [0, 0.05) is 12.3 Å². The maximum Gasteiger partial charge on any atom is 0.246 e. The van der Waals surface area contributed by atoms with Crippen molar-refractivity contribution in [1.82, 2.24) is 10.2 Å². The van der Waals surface area contributed by atoms with Gasteiger partial charge in [-0.3, -0.25) is 9.59 Å². The standard InChI is InChI=1S/C14H26N2O4S/c1-5-14(6-2)13(18)15-11(4)12(17)16(14)9-8-10-21(19,20)7-3/h11H,5-10H2,1-4H3,(H,15,18). The van der Waals surface area contributed by atoms with Crippen LogP contribution in [0.25, 0.3) is 0 Å². The van der Waals surface area contributed by atoms with Crippen LogP contribution in [0.15, 0.2) is 0 Å². The Morgan fingerprint density at radius 3 is 2.24 bits per heavy atom. The molecule has 1 unspecified atom stereocenters. The second-order valence-corrected chi connectivity index (χ2v) is 7.99. The largest absolute Gasteiger partial charge is 0.343 e. The SMILES string of the molecule is CCC1(CC)C(=O)NC(C)C(=O)N1CCCS(=O)(=O)CC. The van der Waals surface area contributed by atoms with Gasteiger partial charge in [0.15, 0.2) is 0 Å². The first-order valence-electron chi connectivity index (χ1n) is 7.57. The molecule has 7 heteroatoms. The van der Waals surface area contributed by atoms with Gasteiger partial charge in [-0.2, -0.15) is 0 Å². The summed E-state index contributed by atoms with van der Waals surface area (Å²) in [6, 6.07) is -0.550. The highest BCUT2D eigenvalue weighted by Gasteiger charge is 2.48. The quantitative estimate of drug-likeness (QED) is 0.749.